The van der Waals surface area contributed by atoms with Crippen molar-refractivity contribution in [1.82, 2.24) is 0 Å². The summed E-state index contributed by atoms with van der Waals surface area (Å²) in [4.78, 5) is 10.6. The third-order valence-corrected chi connectivity index (χ3v) is 2.88. The highest BCUT2D eigenvalue weighted by Crippen LogP contribution is 2.68. The maximum atomic E-state index is 10.6. The second-order valence-corrected chi connectivity index (χ2v) is 3.25. The summed E-state index contributed by atoms with van der Waals surface area (Å²) in [5.74, 6) is -0.305. The molecule has 3 heteroatoms. The van der Waals surface area contributed by atoms with Crippen molar-refractivity contribution in [3.05, 3.63) is 0 Å². The van der Waals surface area contributed by atoms with Crippen LogP contribution in [0.4, 0.5) is 0 Å². The van der Waals surface area contributed by atoms with Crippen molar-refractivity contribution >= 4 is 5.97 Å². The lowest BCUT2D eigenvalue weighted by Gasteiger charge is -2.29. The number of carboxylic acids is 1. The van der Waals surface area contributed by atoms with Gasteiger partial charge in [-0.25, -0.2) is 0 Å². The maximum absolute atomic E-state index is 10.6. The SMILES string of the molecule is COC1C[C@]2(C(=O)O)CC12. The smallest absolute Gasteiger partial charge is 0.310 e. The number of hydrogen-bond donors (Lipinski definition) is 1. The minimum atomic E-state index is -0.634. The zero-order chi connectivity index (χ0) is 7.35. The molecule has 3 atom stereocenters. The van der Waals surface area contributed by atoms with E-state index in [-0.39, 0.29) is 11.5 Å². The fourth-order valence-corrected chi connectivity index (χ4v) is 1.98. The third-order valence-electron chi connectivity index (χ3n) is 2.88. The van der Waals surface area contributed by atoms with Gasteiger partial charge in [-0.2, -0.15) is 0 Å². The molecule has 0 spiro atoms. The van der Waals surface area contributed by atoms with Gasteiger partial charge in [0.05, 0.1) is 11.5 Å². The molecule has 2 aliphatic rings. The van der Waals surface area contributed by atoms with Gasteiger partial charge in [-0.1, -0.05) is 0 Å². The number of aliphatic carboxylic acids is 1. The molecule has 2 rings (SSSR count). The third kappa shape index (κ3) is 0.475. The Labute approximate surface area is 59.0 Å². The van der Waals surface area contributed by atoms with E-state index >= 15 is 0 Å². The standard InChI is InChI=1S/C7H10O3/c1-10-5-3-7(6(8)9)2-4(5)7/h4-5H,2-3H2,1H3,(H,8,9)/t4?,5?,7-/m1/s1. The van der Waals surface area contributed by atoms with Gasteiger partial charge in [0.25, 0.3) is 0 Å². The first-order chi connectivity index (χ1) is 4.70. The van der Waals surface area contributed by atoms with Crippen LogP contribution in [0.1, 0.15) is 12.8 Å². The highest BCUT2D eigenvalue weighted by molar-refractivity contribution is 5.80. The second-order valence-electron chi connectivity index (χ2n) is 3.25. The molecule has 2 aliphatic carbocycles. The monoisotopic (exact) mass is 142 g/mol. The van der Waals surface area contributed by atoms with Crippen LogP contribution in [0.5, 0.6) is 0 Å². The van der Waals surface area contributed by atoms with Crippen LogP contribution in [0.2, 0.25) is 0 Å². The van der Waals surface area contributed by atoms with E-state index in [1.54, 1.807) is 7.11 Å². The van der Waals surface area contributed by atoms with Crippen molar-refractivity contribution < 1.29 is 14.6 Å². The van der Waals surface area contributed by atoms with Gasteiger partial charge in [0.1, 0.15) is 0 Å². The zero-order valence-electron chi connectivity index (χ0n) is 5.83. The van der Waals surface area contributed by atoms with Crippen molar-refractivity contribution in [1.29, 1.82) is 0 Å². The lowest BCUT2D eigenvalue weighted by atomic mass is 9.82. The Hall–Kier alpha value is -0.570. The number of fused-ring (bicyclic) bond motifs is 1. The molecule has 0 aromatic rings. The van der Waals surface area contributed by atoms with Gasteiger partial charge in [-0.05, 0) is 12.8 Å². The summed E-state index contributed by atoms with van der Waals surface area (Å²) in [6, 6.07) is 0. The van der Waals surface area contributed by atoms with Crippen molar-refractivity contribution in [3.63, 3.8) is 0 Å². The molecule has 0 heterocycles. The molecule has 2 unspecified atom stereocenters. The zero-order valence-corrected chi connectivity index (χ0v) is 5.83. The van der Waals surface area contributed by atoms with E-state index in [2.05, 4.69) is 0 Å². The lowest BCUT2D eigenvalue weighted by molar-refractivity contribution is -0.151. The molecule has 0 amide bonds. The molecular weight excluding hydrogens is 132 g/mol. The van der Waals surface area contributed by atoms with E-state index < -0.39 is 5.97 Å². The molecule has 0 bridgehead atoms. The van der Waals surface area contributed by atoms with Crippen LogP contribution >= 0.6 is 0 Å². The second kappa shape index (κ2) is 1.53. The molecule has 0 aliphatic heterocycles. The fourth-order valence-electron chi connectivity index (χ4n) is 1.98. The summed E-state index contributed by atoms with van der Waals surface area (Å²) in [5.41, 5.74) is -0.347. The van der Waals surface area contributed by atoms with Crippen LogP contribution in [0.15, 0.2) is 0 Å². The first-order valence-electron chi connectivity index (χ1n) is 3.47. The van der Waals surface area contributed by atoms with Crippen LogP contribution < -0.4 is 0 Å². The summed E-state index contributed by atoms with van der Waals surface area (Å²) in [5, 5.41) is 8.69. The van der Waals surface area contributed by atoms with Crippen LogP contribution in [0.3, 0.4) is 0 Å². The molecule has 0 aromatic heterocycles. The molecule has 0 saturated heterocycles. The first-order valence-corrected chi connectivity index (χ1v) is 3.47. The molecule has 3 nitrogen and oxygen atoms in total. The van der Waals surface area contributed by atoms with E-state index in [4.69, 9.17) is 9.84 Å². The molecule has 2 saturated carbocycles. The highest BCUT2D eigenvalue weighted by atomic mass is 16.5. The Balaban J connectivity index is 2.01. The maximum Gasteiger partial charge on any atom is 0.310 e. The lowest BCUT2D eigenvalue weighted by Crippen LogP contribution is -2.37. The van der Waals surface area contributed by atoms with Crippen molar-refractivity contribution in [3.8, 4) is 0 Å². The van der Waals surface area contributed by atoms with Gasteiger partial charge in [0, 0.05) is 13.0 Å². The van der Waals surface area contributed by atoms with Crippen molar-refractivity contribution in [2.75, 3.05) is 7.11 Å². The first kappa shape index (κ1) is 6.16. The topological polar surface area (TPSA) is 46.5 Å². The Morgan fingerprint density at radius 2 is 2.40 bits per heavy atom. The van der Waals surface area contributed by atoms with Gasteiger partial charge >= 0.3 is 5.97 Å². The summed E-state index contributed by atoms with van der Waals surface area (Å²) in [6.45, 7) is 0. The molecular formula is C7H10O3. The fraction of sp³-hybridized carbons (Fsp3) is 0.857. The van der Waals surface area contributed by atoms with Crippen LogP contribution in [-0.4, -0.2) is 24.3 Å². The molecule has 10 heavy (non-hydrogen) atoms. The Morgan fingerprint density at radius 1 is 1.70 bits per heavy atom. The highest BCUT2D eigenvalue weighted by Gasteiger charge is 2.72. The summed E-state index contributed by atoms with van der Waals surface area (Å²) in [6.07, 6.45) is 1.79. The Kier molecular flexibility index (Phi) is 0.944. The number of ether oxygens (including phenoxy) is 1. The number of methoxy groups -OCH3 is 1. The average molecular weight is 142 g/mol. The summed E-state index contributed by atoms with van der Waals surface area (Å²) < 4.78 is 5.05. The quantitative estimate of drug-likeness (QED) is 0.610. The summed E-state index contributed by atoms with van der Waals surface area (Å²) >= 11 is 0. The molecule has 1 N–H and O–H groups in total. The van der Waals surface area contributed by atoms with Gasteiger partial charge in [-0.3, -0.25) is 4.79 Å². The summed E-state index contributed by atoms with van der Waals surface area (Å²) in [7, 11) is 1.65. The Bertz CT molecular complexity index is 189. The van der Waals surface area contributed by atoms with E-state index in [0.29, 0.717) is 5.92 Å². The van der Waals surface area contributed by atoms with Crippen LogP contribution in [0, 0.1) is 11.3 Å². The van der Waals surface area contributed by atoms with Crippen molar-refractivity contribution in [2.24, 2.45) is 11.3 Å². The van der Waals surface area contributed by atoms with E-state index in [1.165, 1.54) is 0 Å². The normalized spacial score (nSPS) is 49.3. The number of rotatable bonds is 2. The molecule has 0 radical (unpaired) electrons. The van der Waals surface area contributed by atoms with E-state index in [9.17, 15) is 4.79 Å². The molecule has 56 valence electrons. The minimum Gasteiger partial charge on any atom is -0.481 e. The van der Waals surface area contributed by atoms with E-state index in [0.717, 1.165) is 12.8 Å². The van der Waals surface area contributed by atoms with Gasteiger partial charge in [0.15, 0.2) is 0 Å². The van der Waals surface area contributed by atoms with E-state index in [1.807, 2.05) is 0 Å². The number of carboxylic acid groups (broad SMARTS) is 1. The number of carbonyl (C=O) groups is 1. The molecule has 2 fully saturated rings. The Morgan fingerprint density at radius 3 is 2.70 bits per heavy atom. The largest absolute Gasteiger partial charge is 0.481 e. The van der Waals surface area contributed by atoms with Gasteiger partial charge in [0.2, 0.25) is 0 Å². The predicted octanol–water partition coefficient (Wildman–Crippen LogP) is 0.496. The van der Waals surface area contributed by atoms with Crippen molar-refractivity contribution in [2.45, 2.75) is 18.9 Å². The number of hydrogen-bond acceptors (Lipinski definition) is 2. The van der Waals surface area contributed by atoms with Gasteiger partial charge in [-0.15, -0.1) is 0 Å². The molecule has 0 aromatic carbocycles. The van der Waals surface area contributed by atoms with Crippen LogP contribution in [0.25, 0.3) is 0 Å². The van der Waals surface area contributed by atoms with Crippen LogP contribution in [-0.2, 0) is 9.53 Å². The van der Waals surface area contributed by atoms with Gasteiger partial charge < -0.3 is 9.84 Å². The minimum absolute atomic E-state index is 0.232. The predicted molar refractivity (Wildman–Crippen MR) is 33.6 cm³/mol. The average Bonchev–Trinajstić information content (AvgIpc) is 2.40.